The number of amides is 1. The van der Waals surface area contributed by atoms with E-state index in [0.717, 1.165) is 24.3 Å². The molecule has 0 aliphatic rings. The van der Waals surface area contributed by atoms with E-state index in [9.17, 15) is 9.18 Å². The van der Waals surface area contributed by atoms with Gasteiger partial charge in [-0.15, -0.1) is 12.4 Å². The highest BCUT2D eigenvalue weighted by atomic mass is 35.5. The molecular weight excluding hydrogens is 413 g/mol. The van der Waals surface area contributed by atoms with Gasteiger partial charge in [-0.1, -0.05) is 25.2 Å². The van der Waals surface area contributed by atoms with Gasteiger partial charge in [0.15, 0.2) is 5.13 Å². The van der Waals surface area contributed by atoms with Crippen LogP contribution in [-0.4, -0.2) is 49.1 Å². The van der Waals surface area contributed by atoms with E-state index in [1.807, 2.05) is 0 Å². The van der Waals surface area contributed by atoms with E-state index in [1.54, 1.807) is 42.3 Å². The summed E-state index contributed by atoms with van der Waals surface area (Å²) in [6, 6.07) is 11.5. The fourth-order valence-corrected chi connectivity index (χ4v) is 3.97. The summed E-state index contributed by atoms with van der Waals surface area (Å²) < 4.78 is 19.5. The average Bonchev–Trinajstić information content (AvgIpc) is 3.13. The molecule has 0 aliphatic carbocycles. The Hall–Kier alpha value is -2.22. The van der Waals surface area contributed by atoms with E-state index < -0.39 is 0 Å². The second-order valence-electron chi connectivity index (χ2n) is 6.32. The van der Waals surface area contributed by atoms with Crippen LogP contribution in [0.3, 0.4) is 0 Å². The number of rotatable bonds is 8. The van der Waals surface area contributed by atoms with E-state index in [0.29, 0.717) is 28.5 Å². The van der Waals surface area contributed by atoms with E-state index in [4.69, 9.17) is 4.74 Å². The van der Waals surface area contributed by atoms with E-state index in [-0.39, 0.29) is 24.1 Å². The van der Waals surface area contributed by atoms with Crippen molar-refractivity contribution >= 4 is 45.0 Å². The number of fused-ring (bicyclic) bond motifs is 1. The quantitative estimate of drug-likeness (QED) is 0.505. The smallest absolute Gasteiger partial charge is 0.260 e. The summed E-state index contributed by atoms with van der Waals surface area (Å²) in [4.78, 5) is 21.7. The molecule has 0 unspecified atom stereocenters. The van der Waals surface area contributed by atoms with Crippen LogP contribution in [-0.2, 0) is 0 Å². The van der Waals surface area contributed by atoms with Gasteiger partial charge >= 0.3 is 0 Å². The molecule has 3 rings (SSSR count). The highest BCUT2D eigenvalue weighted by molar-refractivity contribution is 7.22. The third-order valence-electron chi connectivity index (χ3n) is 4.69. The Bertz CT molecular complexity index is 945. The minimum atomic E-state index is -0.307. The highest BCUT2D eigenvalue weighted by Gasteiger charge is 2.22. The van der Waals surface area contributed by atoms with Crippen LogP contribution in [0, 0.1) is 5.82 Å². The molecule has 3 aromatic rings. The second kappa shape index (κ2) is 10.5. The normalized spacial score (nSPS) is 10.8. The molecule has 0 atom stereocenters. The highest BCUT2D eigenvalue weighted by Crippen LogP contribution is 2.30. The van der Waals surface area contributed by atoms with Gasteiger partial charge < -0.3 is 9.64 Å². The van der Waals surface area contributed by atoms with Crippen LogP contribution in [0.25, 0.3) is 10.2 Å². The van der Waals surface area contributed by atoms with Gasteiger partial charge in [-0.2, -0.15) is 0 Å². The Morgan fingerprint density at radius 1 is 1.10 bits per heavy atom. The number of carbonyl (C=O) groups is 1. The first-order chi connectivity index (χ1) is 13.5. The fourth-order valence-electron chi connectivity index (χ4n) is 2.96. The number of carbonyl (C=O) groups excluding carboxylic acids is 1. The van der Waals surface area contributed by atoms with Crippen molar-refractivity contribution in [1.29, 1.82) is 0 Å². The van der Waals surface area contributed by atoms with Gasteiger partial charge in [0.05, 0.1) is 17.3 Å². The summed E-state index contributed by atoms with van der Waals surface area (Å²) in [6.45, 7) is 7.26. The van der Waals surface area contributed by atoms with Gasteiger partial charge in [0, 0.05) is 18.7 Å². The summed E-state index contributed by atoms with van der Waals surface area (Å²) >= 11 is 1.33. The number of anilines is 1. The molecule has 0 fully saturated rings. The predicted octanol–water partition coefficient (Wildman–Crippen LogP) is 4.85. The molecule has 1 aromatic heterocycles. The molecule has 2 aromatic carbocycles. The molecule has 0 N–H and O–H groups in total. The molecule has 8 heteroatoms. The van der Waals surface area contributed by atoms with Crippen LogP contribution in [0.1, 0.15) is 24.2 Å². The van der Waals surface area contributed by atoms with Crippen molar-refractivity contribution in [2.45, 2.75) is 13.8 Å². The largest absolute Gasteiger partial charge is 0.497 e. The number of halogens is 2. The van der Waals surface area contributed by atoms with Crippen LogP contribution >= 0.6 is 23.7 Å². The molecule has 0 spiro atoms. The van der Waals surface area contributed by atoms with Crippen molar-refractivity contribution in [2.75, 3.05) is 38.2 Å². The molecule has 5 nitrogen and oxygen atoms in total. The number of ether oxygens (including phenoxy) is 1. The Labute approximate surface area is 180 Å². The SMILES string of the molecule is CCN(CC)CCN(C(=O)c1ccc(OC)cc1)c1nc2ccc(F)cc2s1.Cl. The fraction of sp³-hybridized carbons (Fsp3) is 0.333. The standard InChI is InChI=1S/C21H24FN3O2S.ClH/c1-4-24(5-2)12-13-25(20(26)15-6-9-17(27-3)10-7-15)21-23-18-11-8-16(22)14-19(18)28-21;/h6-11,14H,4-5,12-13H2,1-3H3;1H. The summed E-state index contributed by atoms with van der Waals surface area (Å²) in [5, 5.41) is 0.577. The number of aromatic nitrogens is 1. The lowest BCUT2D eigenvalue weighted by Gasteiger charge is -2.24. The number of hydrogen-bond acceptors (Lipinski definition) is 5. The zero-order chi connectivity index (χ0) is 20.1. The number of nitrogens with zero attached hydrogens (tertiary/aromatic N) is 3. The van der Waals surface area contributed by atoms with Crippen molar-refractivity contribution in [3.8, 4) is 5.75 Å². The molecule has 0 radical (unpaired) electrons. The van der Waals surface area contributed by atoms with Crippen LogP contribution in [0.2, 0.25) is 0 Å². The van der Waals surface area contributed by atoms with Gasteiger partial charge in [0.1, 0.15) is 11.6 Å². The topological polar surface area (TPSA) is 45.7 Å². The van der Waals surface area contributed by atoms with Gasteiger partial charge in [-0.05, 0) is 55.6 Å². The minimum Gasteiger partial charge on any atom is -0.497 e. The van der Waals surface area contributed by atoms with Crippen LogP contribution in [0.5, 0.6) is 5.75 Å². The van der Waals surface area contributed by atoms with E-state index in [1.165, 1.54) is 23.5 Å². The lowest BCUT2D eigenvalue weighted by atomic mass is 10.2. The first-order valence-corrected chi connectivity index (χ1v) is 10.1. The third-order valence-corrected chi connectivity index (χ3v) is 5.73. The number of methoxy groups -OCH3 is 1. The number of benzene rings is 2. The van der Waals surface area contributed by atoms with Crippen LogP contribution in [0.15, 0.2) is 42.5 Å². The second-order valence-corrected chi connectivity index (χ2v) is 7.33. The van der Waals surface area contributed by atoms with E-state index >= 15 is 0 Å². The zero-order valence-corrected chi connectivity index (χ0v) is 18.4. The maximum absolute atomic E-state index is 13.6. The van der Waals surface area contributed by atoms with Crippen molar-refractivity contribution in [3.63, 3.8) is 0 Å². The van der Waals surface area contributed by atoms with E-state index in [2.05, 4.69) is 23.7 Å². The number of likely N-dealkylation sites (N-methyl/N-ethyl adjacent to an activating group) is 1. The molecule has 29 heavy (non-hydrogen) atoms. The lowest BCUT2D eigenvalue weighted by molar-refractivity contribution is 0.0983. The lowest BCUT2D eigenvalue weighted by Crippen LogP contribution is -2.38. The van der Waals surface area contributed by atoms with Gasteiger partial charge in [-0.3, -0.25) is 9.69 Å². The molecule has 0 bridgehead atoms. The number of thiazole rings is 1. The Kier molecular flexibility index (Phi) is 8.37. The molecule has 1 heterocycles. The minimum absolute atomic E-state index is 0. The number of hydrogen-bond donors (Lipinski definition) is 0. The monoisotopic (exact) mass is 437 g/mol. The molecule has 0 saturated heterocycles. The predicted molar refractivity (Wildman–Crippen MR) is 119 cm³/mol. The van der Waals surface area contributed by atoms with Crippen molar-refractivity contribution in [3.05, 3.63) is 53.8 Å². The third kappa shape index (κ3) is 5.44. The molecule has 0 saturated carbocycles. The summed E-state index contributed by atoms with van der Waals surface area (Å²) in [7, 11) is 1.59. The summed E-state index contributed by atoms with van der Waals surface area (Å²) in [6.07, 6.45) is 0. The first-order valence-electron chi connectivity index (χ1n) is 9.30. The Balaban J connectivity index is 0.00000300. The molecule has 156 valence electrons. The molecular formula is C21H25ClFN3O2S. The maximum Gasteiger partial charge on any atom is 0.260 e. The van der Waals surface area contributed by atoms with Crippen molar-refractivity contribution in [1.82, 2.24) is 9.88 Å². The van der Waals surface area contributed by atoms with Gasteiger partial charge in [0.25, 0.3) is 5.91 Å². The Morgan fingerprint density at radius 3 is 2.41 bits per heavy atom. The zero-order valence-electron chi connectivity index (χ0n) is 16.7. The summed E-state index contributed by atoms with van der Waals surface area (Å²) in [5.41, 5.74) is 1.25. The molecule has 1 amide bonds. The molecule has 0 aliphatic heterocycles. The summed E-state index contributed by atoms with van der Waals surface area (Å²) in [5.74, 6) is 0.259. The van der Waals surface area contributed by atoms with Crippen molar-refractivity contribution < 1.29 is 13.9 Å². The Morgan fingerprint density at radius 2 is 1.79 bits per heavy atom. The van der Waals surface area contributed by atoms with Gasteiger partial charge in [-0.25, -0.2) is 9.37 Å². The van der Waals surface area contributed by atoms with Crippen molar-refractivity contribution in [2.24, 2.45) is 0 Å². The first kappa shape index (κ1) is 23.1. The van der Waals surface area contributed by atoms with Crippen LogP contribution in [0.4, 0.5) is 9.52 Å². The van der Waals surface area contributed by atoms with Gasteiger partial charge in [0.2, 0.25) is 0 Å². The maximum atomic E-state index is 13.6. The average molecular weight is 438 g/mol. The van der Waals surface area contributed by atoms with Crippen LogP contribution < -0.4 is 9.64 Å².